The molecule has 2 aromatic rings. The summed E-state index contributed by atoms with van der Waals surface area (Å²) in [6, 6.07) is 9.74. The van der Waals surface area contributed by atoms with Crippen molar-refractivity contribution in [3.63, 3.8) is 0 Å². The van der Waals surface area contributed by atoms with E-state index >= 15 is 0 Å². The first kappa shape index (κ1) is 14.8. The van der Waals surface area contributed by atoms with Crippen LogP contribution in [0.1, 0.15) is 30.3 Å². The van der Waals surface area contributed by atoms with Gasteiger partial charge < -0.3 is 14.5 Å². The quantitative estimate of drug-likeness (QED) is 0.892. The van der Waals surface area contributed by atoms with Gasteiger partial charge in [0.1, 0.15) is 17.7 Å². The number of ether oxygens (including phenoxy) is 1. The van der Waals surface area contributed by atoms with Gasteiger partial charge in [0.2, 0.25) is 5.91 Å². The number of amides is 1. The van der Waals surface area contributed by atoms with Gasteiger partial charge in [-0.2, -0.15) is 0 Å². The Morgan fingerprint density at radius 2 is 2.09 bits per heavy atom. The predicted octanol–water partition coefficient (Wildman–Crippen LogP) is 2.95. The van der Waals surface area contributed by atoms with Gasteiger partial charge in [0.05, 0.1) is 18.2 Å². The van der Waals surface area contributed by atoms with Gasteiger partial charge in [0.25, 0.3) is 0 Å². The Hall–Kier alpha value is -2.14. The van der Waals surface area contributed by atoms with Crippen LogP contribution in [0.25, 0.3) is 0 Å². The van der Waals surface area contributed by atoms with Crippen LogP contribution in [0.4, 0.5) is 4.39 Å². The lowest BCUT2D eigenvalue weighted by Gasteiger charge is -2.18. The van der Waals surface area contributed by atoms with Crippen LogP contribution in [-0.4, -0.2) is 19.6 Å². The second kappa shape index (κ2) is 5.93. The molecule has 0 saturated heterocycles. The molecule has 0 bridgehead atoms. The summed E-state index contributed by atoms with van der Waals surface area (Å²) in [5.41, 5.74) is 0.341. The van der Waals surface area contributed by atoms with E-state index in [4.69, 9.17) is 9.15 Å². The molecule has 1 aromatic heterocycles. The van der Waals surface area contributed by atoms with Crippen LogP contribution in [0.15, 0.2) is 47.1 Å². The maximum atomic E-state index is 13.0. The van der Waals surface area contributed by atoms with Gasteiger partial charge in [-0.25, -0.2) is 4.39 Å². The fraction of sp³-hybridized carbons (Fsp3) is 0.353. The zero-order chi connectivity index (χ0) is 15.6. The summed E-state index contributed by atoms with van der Waals surface area (Å²) in [5, 5.41) is 2.92. The maximum absolute atomic E-state index is 13.0. The smallest absolute Gasteiger partial charge is 0.230 e. The van der Waals surface area contributed by atoms with E-state index in [1.807, 2.05) is 6.07 Å². The first-order valence-electron chi connectivity index (χ1n) is 7.26. The largest absolute Gasteiger partial charge is 0.467 e. The molecule has 4 nitrogen and oxygen atoms in total. The lowest BCUT2D eigenvalue weighted by atomic mass is 9.95. The zero-order valence-electron chi connectivity index (χ0n) is 12.3. The fourth-order valence-electron chi connectivity index (χ4n) is 2.67. The Morgan fingerprint density at radius 1 is 1.36 bits per heavy atom. The first-order valence-corrected chi connectivity index (χ1v) is 7.26. The monoisotopic (exact) mass is 303 g/mol. The third-order valence-corrected chi connectivity index (χ3v) is 4.17. The van der Waals surface area contributed by atoms with Crippen LogP contribution in [0, 0.1) is 5.82 Å². The highest BCUT2D eigenvalue weighted by Crippen LogP contribution is 2.48. The van der Waals surface area contributed by atoms with E-state index in [9.17, 15) is 9.18 Å². The minimum Gasteiger partial charge on any atom is -0.467 e. The third-order valence-electron chi connectivity index (χ3n) is 4.17. The van der Waals surface area contributed by atoms with Crippen molar-refractivity contribution in [2.45, 2.75) is 24.4 Å². The highest BCUT2D eigenvalue weighted by atomic mass is 19.1. The molecule has 1 aliphatic carbocycles. The molecule has 1 heterocycles. The molecule has 22 heavy (non-hydrogen) atoms. The molecule has 1 atom stereocenters. The van der Waals surface area contributed by atoms with E-state index in [2.05, 4.69) is 5.32 Å². The van der Waals surface area contributed by atoms with Crippen LogP contribution in [-0.2, 0) is 14.9 Å². The Balaban J connectivity index is 1.65. The Morgan fingerprint density at radius 3 is 2.64 bits per heavy atom. The van der Waals surface area contributed by atoms with Crippen LogP contribution in [0.2, 0.25) is 0 Å². The molecule has 1 fully saturated rings. The molecular weight excluding hydrogens is 285 g/mol. The molecule has 1 amide bonds. The summed E-state index contributed by atoms with van der Waals surface area (Å²) in [5.74, 6) is 0.333. The van der Waals surface area contributed by atoms with E-state index < -0.39 is 5.41 Å². The number of hydrogen-bond donors (Lipinski definition) is 1. The van der Waals surface area contributed by atoms with Gasteiger partial charge >= 0.3 is 0 Å². The minimum absolute atomic E-state index is 0.0484. The molecule has 0 radical (unpaired) electrons. The van der Waals surface area contributed by atoms with Crippen LogP contribution in [0.3, 0.4) is 0 Å². The summed E-state index contributed by atoms with van der Waals surface area (Å²) in [6.07, 6.45) is 2.82. The first-order chi connectivity index (χ1) is 10.7. The van der Waals surface area contributed by atoms with E-state index in [1.54, 1.807) is 31.6 Å². The SMILES string of the molecule is COC(CNC(=O)C1(c2ccc(F)cc2)CC1)c1ccco1. The molecule has 1 unspecified atom stereocenters. The van der Waals surface area contributed by atoms with E-state index in [1.165, 1.54) is 12.1 Å². The van der Waals surface area contributed by atoms with Crippen molar-refractivity contribution in [2.75, 3.05) is 13.7 Å². The van der Waals surface area contributed by atoms with Crippen molar-refractivity contribution < 1.29 is 18.3 Å². The Labute approximate surface area is 128 Å². The van der Waals surface area contributed by atoms with E-state index in [-0.39, 0.29) is 17.8 Å². The van der Waals surface area contributed by atoms with E-state index in [0.29, 0.717) is 12.3 Å². The molecule has 3 rings (SSSR count). The predicted molar refractivity (Wildman–Crippen MR) is 78.8 cm³/mol. The number of furan rings is 1. The minimum atomic E-state index is -0.519. The molecule has 1 N–H and O–H groups in total. The Kier molecular flexibility index (Phi) is 3.98. The fourth-order valence-corrected chi connectivity index (χ4v) is 2.67. The van der Waals surface area contributed by atoms with Crippen LogP contribution >= 0.6 is 0 Å². The van der Waals surface area contributed by atoms with E-state index in [0.717, 1.165) is 18.4 Å². The van der Waals surface area contributed by atoms with Gasteiger partial charge in [-0.15, -0.1) is 0 Å². The molecule has 1 aliphatic rings. The molecule has 1 aromatic carbocycles. The number of rotatable bonds is 6. The number of carbonyl (C=O) groups excluding carboxylic acids is 1. The van der Waals surface area contributed by atoms with Crippen molar-refractivity contribution in [1.82, 2.24) is 5.32 Å². The van der Waals surface area contributed by atoms with Gasteiger partial charge in [0, 0.05) is 7.11 Å². The standard InChI is InChI=1S/C17H18FNO3/c1-21-15(14-3-2-10-22-14)11-19-16(20)17(8-9-17)12-4-6-13(18)7-5-12/h2-7,10,15H,8-9,11H2,1H3,(H,19,20). The lowest BCUT2D eigenvalue weighted by Crippen LogP contribution is -2.37. The Bertz CT molecular complexity index is 632. The topological polar surface area (TPSA) is 51.5 Å². The molecule has 1 saturated carbocycles. The summed E-state index contributed by atoms with van der Waals surface area (Å²) in [4.78, 5) is 12.5. The molecule has 116 valence electrons. The zero-order valence-corrected chi connectivity index (χ0v) is 12.3. The van der Waals surface area contributed by atoms with Crippen molar-refractivity contribution in [1.29, 1.82) is 0 Å². The second-order valence-electron chi connectivity index (χ2n) is 5.54. The maximum Gasteiger partial charge on any atom is 0.230 e. The average Bonchev–Trinajstić information content (AvgIpc) is 3.17. The normalized spacial score (nSPS) is 17.0. The second-order valence-corrected chi connectivity index (χ2v) is 5.54. The summed E-state index contributed by atoms with van der Waals surface area (Å²) >= 11 is 0. The number of carbonyl (C=O) groups is 1. The van der Waals surface area contributed by atoms with Gasteiger partial charge in [0.15, 0.2) is 0 Å². The molecule has 0 aliphatic heterocycles. The number of halogens is 1. The lowest BCUT2D eigenvalue weighted by molar-refractivity contribution is -0.124. The van der Waals surface area contributed by atoms with Crippen LogP contribution < -0.4 is 5.32 Å². The molecule has 0 spiro atoms. The van der Waals surface area contributed by atoms with Crippen LogP contribution in [0.5, 0.6) is 0 Å². The third kappa shape index (κ3) is 2.76. The summed E-state index contributed by atoms with van der Waals surface area (Å²) in [7, 11) is 1.58. The van der Waals surface area contributed by atoms with Crippen molar-refractivity contribution in [2.24, 2.45) is 0 Å². The van der Waals surface area contributed by atoms with Crippen molar-refractivity contribution >= 4 is 5.91 Å². The average molecular weight is 303 g/mol. The number of methoxy groups -OCH3 is 1. The van der Waals surface area contributed by atoms with Gasteiger partial charge in [-0.05, 0) is 42.7 Å². The number of nitrogens with one attached hydrogen (secondary N) is 1. The summed E-state index contributed by atoms with van der Waals surface area (Å²) < 4.78 is 23.7. The van der Waals surface area contributed by atoms with Crippen molar-refractivity contribution in [3.8, 4) is 0 Å². The van der Waals surface area contributed by atoms with Crippen molar-refractivity contribution in [3.05, 3.63) is 59.8 Å². The number of benzene rings is 1. The molecule has 5 heteroatoms. The van der Waals surface area contributed by atoms with Gasteiger partial charge in [-0.1, -0.05) is 12.1 Å². The molecular formula is C17H18FNO3. The summed E-state index contributed by atoms with van der Waals surface area (Å²) in [6.45, 7) is 0.339. The highest BCUT2D eigenvalue weighted by Gasteiger charge is 2.51. The van der Waals surface area contributed by atoms with Gasteiger partial charge in [-0.3, -0.25) is 4.79 Å². The highest BCUT2D eigenvalue weighted by molar-refractivity contribution is 5.91. The number of hydrogen-bond acceptors (Lipinski definition) is 3.